The number of aryl methyl sites for hydroxylation is 1. The van der Waals surface area contributed by atoms with Crippen molar-refractivity contribution in [2.24, 2.45) is 13.0 Å². The average Bonchev–Trinajstić information content (AvgIpc) is 3.22. The second-order valence-corrected chi connectivity index (χ2v) is 8.44. The van der Waals surface area contributed by atoms with E-state index in [1.54, 1.807) is 17.9 Å². The summed E-state index contributed by atoms with van der Waals surface area (Å²) in [5.41, 5.74) is 1.05. The van der Waals surface area contributed by atoms with Crippen LogP contribution in [-0.4, -0.2) is 62.2 Å². The first-order valence-corrected chi connectivity index (χ1v) is 9.60. The molecule has 0 saturated carbocycles. The van der Waals surface area contributed by atoms with Gasteiger partial charge < -0.3 is 15.0 Å². The second kappa shape index (κ2) is 7.02. The van der Waals surface area contributed by atoms with Gasteiger partial charge in [-0.15, -0.1) is 20.4 Å². The third-order valence-corrected chi connectivity index (χ3v) is 4.98. The van der Waals surface area contributed by atoms with Crippen molar-refractivity contribution in [3.05, 3.63) is 29.7 Å². The minimum absolute atomic E-state index is 0.139. The molecule has 3 aromatic heterocycles. The summed E-state index contributed by atoms with van der Waals surface area (Å²) in [5, 5.41) is 20.3. The van der Waals surface area contributed by atoms with Gasteiger partial charge in [0.1, 0.15) is 11.4 Å². The Morgan fingerprint density at radius 3 is 2.69 bits per heavy atom. The molecule has 10 heteroatoms. The fourth-order valence-electron chi connectivity index (χ4n) is 3.41. The Bertz CT molecular complexity index is 1040. The van der Waals surface area contributed by atoms with E-state index in [0.29, 0.717) is 23.9 Å². The molecule has 1 aliphatic heterocycles. The molecule has 154 valence electrons. The van der Waals surface area contributed by atoms with Crippen LogP contribution in [0.25, 0.3) is 5.65 Å². The van der Waals surface area contributed by atoms with E-state index in [4.69, 9.17) is 9.84 Å². The summed E-state index contributed by atoms with van der Waals surface area (Å²) in [6, 6.07) is 3.90. The van der Waals surface area contributed by atoms with Crippen LogP contribution < -0.4 is 15.0 Å². The Labute approximate surface area is 168 Å². The average molecular weight is 398 g/mol. The number of fused-ring (bicyclic) bond motifs is 1. The molecule has 1 N–H and O–H groups in total. The molecule has 1 amide bonds. The van der Waals surface area contributed by atoms with Gasteiger partial charge in [0.2, 0.25) is 5.88 Å². The number of nitrogens with zero attached hydrogens (tertiary/aromatic N) is 7. The lowest BCUT2D eigenvalue weighted by atomic mass is 9.96. The van der Waals surface area contributed by atoms with Gasteiger partial charge in [-0.3, -0.25) is 9.48 Å². The third-order valence-electron chi connectivity index (χ3n) is 4.98. The molecule has 4 heterocycles. The highest BCUT2D eigenvalue weighted by Crippen LogP contribution is 2.25. The van der Waals surface area contributed by atoms with Crippen molar-refractivity contribution in [1.82, 2.24) is 34.9 Å². The Kier molecular flexibility index (Phi) is 4.64. The highest BCUT2D eigenvalue weighted by atomic mass is 16.5. The first-order valence-electron chi connectivity index (χ1n) is 9.60. The summed E-state index contributed by atoms with van der Waals surface area (Å²) < 4.78 is 8.53. The highest BCUT2D eigenvalue weighted by Gasteiger charge is 2.30. The normalized spacial score (nSPS) is 14.9. The molecule has 0 aliphatic carbocycles. The van der Waals surface area contributed by atoms with E-state index in [2.05, 4.69) is 46.3 Å². The quantitative estimate of drug-likeness (QED) is 0.685. The molecule has 0 unspecified atom stereocenters. The summed E-state index contributed by atoms with van der Waals surface area (Å²) in [5.74, 6) is 2.25. The monoisotopic (exact) mass is 398 g/mol. The Morgan fingerprint density at radius 2 is 2.00 bits per heavy atom. The van der Waals surface area contributed by atoms with Crippen molar-refractivity contribution in [1.29, 1.82) is 0 Å². The molecule has 0 bridgehead atoms. The molecule has 10 nitrogen and oxygen atoms in total. The maximum atomic E-state index is 12.4. The van der Waals surface area contributed by atoms with Crippen molar-refractivity contribution in [3.63, 3.8) is 0 Å². The second-order valence-electron chi connectivity index (χ2n) is 8.44. The molecule has 0 atom stereocenters. The standard InChI is InChI=1S/C19H26N8O2/c1-19(2,3)18-22-21-14-6-7-15(23-27(14)18)26-9-12(10-26)8-20-16(28)13-11-25(4)24-17(13)29-5/h6-7,11-12H,8-10H2,1-5H3,(H,20,28). The summed E-state index contributed by atoms with van der Waals surface area (Å²) in [4.78, 5) is 14.6. The molecule has 1 aliphatic rings. The molecule has 1 saturated heterocycles. The van der Waals surface area contributed by atoms with E-state index in [9.17, 15) is 4.79 Å². The van der Waals surface area contributed by atoms with Crippen LogP contribution in [0.1, 0.15) is 37.0 Å². The zero-order valence-corrected chi connectivity index (χ0v) is 17.4. The summed E-state index contributed by atoms with van der Waals surface area (Å²) in [7, 11) is 3.27. The van der Waals surface area contributed by atoms with Crippen LogP contribution in [0.3, 0.4) is 0 Å². The SMILES string of the molecule is COc1nn(C)cc1C(=O)NCC1CN(c2ccc3nnc(C(C)(C)C)n3n2)C1. The molecule has 29 heavy (non-hydrogen) atoms. The van der Waals surface area contributed by atoms with Gasteiger partial charge in [0.15, 0.2) is 11.5 Å². The van der Waals surface area contributed by atoms with Crippen molar-refractivity contribution in [2.45, 2.75) is 26.2 Å². The summed E-state index contributed by atoms with van der Waals surface area (Å²) in [6.07, 6.45) is 1.66. The Morgan fingerprint density at radius 1 is 1.24 bits per heavy atom. The number of ether oxygens (including phenoxy) is 1. The maximum absolute atomic E-state index is 12.4. The smallest absolute Gasteiger partial charge is 0.258 e. The van der Waals surface area contributed by atoms with Crippen LogP contribution in [0.15, 0.2) is 18.3 Å². The maximum Gasteiger partial charge on any atom is 0.258 e. The number of amides is 1. The van der Waals surface area contributed by atoms with Gasteiger partial charge in [-0.05, 0) is 12.1 Å². The number of methoxy groups -OCH3 is 1. The summed E-state index contributed by atoms with van der Waals surface area (Å²) in [6.45, 7) is 8.54. The fourth-order valence-corrected chi connectivity index (χ4v) is 3.41. The van der Waals surface area contributed by atoms with Gasteiger partial charge in [0, 0.05) is 44.2 Å². The van der Waals surface area contributed by atoms with Crippen LogP contribution in [0, 0.1) is 5.92 Å². The number of rotatable bonds is 5. The molecule has 0 radical (unpaired) electrons. The highest BCUT2D eigenvalue weighted by molar-refractivity contribution is 5.96. The number of aromatic nitrogens is 6. The zero-order valence-electron chi connectivity index (χ0n) is 17.4. The minimum atomic E-state index is -0.174. The van der Waals surface area contributed by atoms with Gasteiger partial charge in [-0.2, -0.15) is 4.52 Å². The molecular formula is C19H26N8O2. The van der Waals surface area contributed by atoms with E-state index in [1.807, 2.05) is 16.6 Å². The lowest BCUT2D eigenvalue weighted by molar-refractivity contribution is 0.0941. The first-order chi connectivity index (χ1) is 13.8. The minimum Gasteiger partial charge on any atom is -0.479 e. The Hall–Kier alpha value is -3.17. The largest absolute Gasteiger partial charge is 0.479 e. The van der Waals surface area contributed by atoms with Crippen LogP contribution >= 0.6 is 0 Å². The molecule has 4 rings (SSSR count). The van der Waals surface area contributed by atoms with Crippen molar-refractivity contribution in [2.75, 3.05) is 31.6 Å². The zero-order chi connectivity index (χ0) is 20.8. The number of carbonyl (C=O) groups is 1. The fraction of sp³-hybridized carbons (Fsp3) is 0.526. The first kappa shape index (κ1) is 19.2. The molecule has 1 fully saturated rings. The van der Waals surface area contributed by atoms with Gasteiger partial charge in [0.25, 0.3) is 5.91 Å². The van der Waals surface area contributed by atoms with Crippen LogP contribution in [-0.2, 0) is 12.5 Å². The number of anilines is 1. The Balaban J connectivity index is 1.37. The van der Waals surface area contributed by atoms with E-state index in [0.717, 1.165) is 30.4 Å². The third kappa shape index (κ3) is 3.62. The van der Waals surface area contributed by atoms with Crippen LogP contribution in [0.2, 0.25) is 0 Å². The summed E-state index contributed by atoms with van der Waals surface area (Å²) >= 11 is 0. The number of hydrogen-bond acceptors (Lipinski definition) is 7. The lowest BCUT2D eigenvalue weighted by Crippen LogP contribution is -2.52. The predicted octanol–water partition coefficient (Wildman–Crippen LogP) is 1.03. The van der Waals surface area contributed by atoms with E-state index < -0.39 is 0 Å². The van der Waals surface area contributed by atoms with Crippen molar-refractivity contribution >= 4 is 17.4 Å². The molecule has 0 aromatic carbocycles. The van der Waals surface area contributed by atoms with Crippen LogP contribution in [0.4, 0.5) is 5.82 Å². The predicted molar refractivity (Wildman–Crippen MR) is 107 cm³/mol. The van der Waals surface area contributed by atoms with Crippen molar-refractivity contribution in [3.8, 4) is 5.88 Å². The van der Waals surface area contributed by atoms with Gasteiger partial charge in [-0.25, -0.2) is 0 Å². The number of hydrogen-bond donors (Lipinski definition) is 1. The van der Waals surface area contributed by atoms with Gasteiger partial charge >= 0.3 is 0 Å². The molecular weight excluding hydrogens is 372 g/mol. The topological polar surface area (TPSA) is 102 Å². The van der Waals surface area contributed by atoms with Gasteiger partial charge in [-0.1, -0.05) is 20.8 Å². The number of carbonyl (C=O) groups excluding carboxylic acids is 1. The van der Waals surface area contributed by atoms with E-state index in [-0.39, 0.29) is 11.3 Å². The van der Waals surface area contributed by atoms with Gasteiger partial charge in [0.05, 0.1) is 7.11 Å². The number of nitrogens with one attached hydrogen (secondary N) is 1. The van der Waals surface area contributed by atoms with E-state index >= 15 is 0 Å². The van der Waals surface area contributed by atoms with Crippen LogP contribution in [0.5, 0.6) is 5.88 Å². The lowest BCUT2D eigenvalue weighted by Gasteiger charge is -2.40. The van der Waals surface area contributed by atoms with E-state index in [1.165, 1.54) is 7.11 Å². The molecule has 0 spiro atoms. The molecule has 3 aromatic rings. The van der Waals surface area contributed by atoms with Crippen molar-refractivity contribution < 1.29 is 9.53 Å².